The summed E-state index contributed by atoms with van der Waals surface area (Å²) in [5, 5.41) is 3.90. The predicted molar refractivity (Wildman–Crippen MR) is 98.3 cm³/mol. The molecule has 9 nitrogen and oxygen atoms in total. The highest BCUT2D eigenvalue weighted by atomic mass is 32.2. The van der Waals surface area contributed by atoms with Crippen LogP contribution in [-0.4, -0.2) is 68.5 Å². The Bertz CT molecular complexity index is 1020. The first-order valence-corrected chi connectivity index (χ1v) is 11.3. The minimum Gasteiger partial charge on any atom is -0.497 e. The molecule has 11 heteroatoms. The molecule has 0 saturated carbocycles. The van der Waals surface area contributed by atoms with E-state index in [2.05, 4.69) is 5.10 Å². The monoisotopic (exact) mass is 414 g/mol. The van der Waals surface area contributed by atoms with Crippen LogP contribution < -0.4 is 4.74 Å². The van der Waals surface area contributed by atoms with Crippen LogP contribution in [0.3, 0.4) is 0 Å². The van der Waals surface area contributed by atoms with Gasteiger partial charge in [-0.05, 0) is 18.6 Å². The van der Waals surface area contributed by atoms with E-state index in [0.29, 0.717) is 12.2 Å². The maximum Gasteiger partial charge on any atom is 0.246 e. The lowest BCUT2D eigenvalue weighted by Crippen LogP contribution is -2.37. The Morgan fingerprint density at radius 3 is 2.15 bits per heavy atom. The molecule has 0 aliphatic carbocycles. The highest BCUT2D eigenvalue weighted by Crippen LogP contribution is 2.23. The summed E-state index contributed by atoms with van der Waals surface area (Å²) in [5.74, 6) is 0.451. The Balaban J connectivity index is 1.80. The van der Waals surface area contributed by atoms with E-state index < -0.39 is 20.0 Å². The second kappa shape index (κ2) is 7.58. The Morgan fingerprint density at radius 1 is 0.963 bits per heavy atom. The first-order valence-electron chi connectivity index (χ1n) is 8.38. The molecular formula is C16H22N4O5S2. The molecule has 0 spiro atoms. The van der Waals surface area contributed by atoms with Gasteiger partial charge < -0.3 is 4.74 Å². The van der Waals surface area contributed by atoms with E-state index in [1.54, 1.807) is 19.2 Å². The number of sulfonamides is 2. The average Bonchev–Trinajstić information content (AvgIpc) is 2.93. The molecule has 1 aliphatic heterocycles. The quantitative estimate of drug-likeness (QED) is 0.707. The molecular weight excluding hydrogens is 392 g/mol. The van der Waals surface area contributed by atoms with Crippen LogP contribution in [0.4, 0.5) is 0 Å². The van der Waals surface area contributed by atoms with Crippen molar-refractivity contribution in [3.8, 4) is 5.75 Å². The highest BCUT2D eigenvalue weighted by molar-refractivity contribution is 7.89. The lowest BCUT2D eigenvalue weighted by Gasteiger charge is -2.21. The van der Waals surface area contributed by atoms with E-state index in [4.69, 9.17) is 4.74 Å². The summed E-state index contributed by atoms with van der Waals surface area (Å²) >= 11 is 0. The van der Waals surface area contributed by atoms with E-state index >= 15 is 0 Å². The zero-order chi connectivity index (χ0) is 19.7. The number of benzene rings is 1. The summed E-state index contributed by atoms with van der Waals surface area (Å²) in [5.41, 5.74) is 0. The lowest BCUT2D eigenvalue weighted by molar-refractivity contribution is 0.402. The van der Waals surface area contributed by atoms with Gasteiger partial charge >= 0.3 is 0 Å². The van der Waals surface area contributed by atoms with Gasteiger partial charge in [-0.15, -0.1) is 0 Å². The van der Waals surface area contributed by atoms with Crippen LogP contribution in [-0.2, 0) is 27.1 Å². The molecule has 1 aromatic heterocycles. The molecule has 2 aromatic rings. The summed E-state index contributed by atoms with van der Waals surface area (Å²) < 4.78 is 60.5. The van der Waals surface area contributed by atoms with Crippen LogP contribution in [0.5, 0.6) is 5.75 Å². The van der Waals surface area contributed by atoms with Gasteiger partial charge in [0, 0.05) is 45.5 Å². The van der Waals surface area contributed by atoms with Crippen molar-refractivity contribution < 1.29 is 21.6 Å². The number of nitrogens with zero attached hydrogens (tertiary/aromatic N) is 4. The van der Waals surface area contributed by atoms with Crippen molar-refractivity contribution in [2.75, 3.05) is 33.3 Å². The number of ether oxygens (including phenoxy) is 1. The first-order chi connectivity index (χ1) is 12.7. The van der Waals surface area contributed by atoms with Crippen LogP contribution in [0, 0.1) is 0 Å². The summed E-state index contributed by atoms with van der Waals surface area (Å²) in [6.07, 6.45) is 3.14. The van der Waals surface area contributed by atoms with Gasteiger partial charge in [0.1, 0.15) is 10.6 Å². The third kappa shape index (κ3) is 4.00. The van der Waals surface area contributed by atoms with Crippen LogP contribution >= 0.6 is 0 Å². The predicted octanol–water partition coefficient (Wildman–Crippen LogP) is 0.514. The molecule has 0 atom stereocenters. The maximum absolute atomic E-state index is 12.9. The Morgan fingerprint density at radius 2 is 1.59 bits per heavy atom. The maximum atomic E-state index is 12.9. The third-order valence-electron chi connectivity index (χ3n) is 4.41. The van der Waals surface area contributed by atoms with Gasteiger partial charge in [0.25, 0.3) is 0 Å². The fourth-order valence-electron chi connectivity index (χ4n) is 2.94. The van der Waals surface area contributed by atoms with Crippen molar-refractivity contribution in [2.24, 2.45) is 7.05 Å². The van der Waals surface area contributed by atoms with Crippen molar-refractivity contribution in [3.05, 3.63) is 36.7 Å². The Hall–Kier alpha value is -1.95. The zero-order valence-corrected chi connectivity index (χ0v) is 16.8. The third-order valence-corrected chi connectivity index (χ3v) is 8.16. The molecule has 1 aromatic carbocycles. The first kappa shape index (κ1) is 19.8. The largest absolute Gasteiger partial charge is 0.497 e. The fraction of sp³-hybridized carbons (Fsp3) is 0.438. The number of hydrogen-bond donors (Lipinski definition) is 0. The van der Waals surface area contributed by atoms with Gasteiger partial charge in [-0.25, -0.2) is 16.8 Å². The number of methoxy groups -OCH3 is 1. The van der Waals surface area contributed by atoms with Gasteiger partial charge in [-0.1, -0.05) is 6.07 Å². The molecule has 2 heterocycles. The summed E-state index contributed by atoms with van der Waals surface area (Å²) in [7, 11) is -4.32. The second-order valence-electron chi connectivity index (χ2n) is 6.19. The standard InChI is InChI=1S/C16H22N4O5S2/c1-18-13-16(12-17-18)27(23,24)20-8-4-7-19(9-10-20)26(21,22)15-6-3-5-14(11-15)25-2/h3,5-6,11-13H,4,7-10H2,1-2H3. The smallest absolute Gasteiger partial charge is 0.246 e. The molecule has 0 bridgehead atoms. The van der Waals surface area contributed by atoms with Crippen molar-refractivity contribution >= 4 is 20.0 Å². The van der Waals surface area contributed by atoms with Crippen molar-refractivity contribution in [2.45, 2.75) is 16.2 Å². The second-order valence-corrected chi connectivity index (χ2v) is 10.1. The van der Waals surface area contributed by atoms with Gasteiger partial charge in [-0.3, -0.25) is 4.68 Å². The molecule has 1 fully saturated rings. The van der Waals surface area contributed by atoms with Gasteiger partial charge in [0.05, 0.1) is 18.2 Å². The minimum absolute atomic E-state index is 0.0824. The Kier molecular flexibility index (Phi) is 5.56. The number of aromatic nitrogens is 2. The van der Waals surface area contributed by atoms with E-state index in [0.717, 1.165) is 0 Å². The summed E-state index contributed by atoms with van der Waals surface area (Å²) in [6.45, 7) is 0.666. The highest BCUT2D eigenvalue weighted by Gasteiger charge is 2.32. The molecule has 0 unspecified atom stereocenters. The van der Waals surface area contributed by atoms with Crippen molar-refractivity contribution in [3.63, 3.8) is 0 Å². The minimum atomic E-state index is -3.73. The normalized spacial score (nSPS) is 17.6. The van der Waals surface area contributed by atoms with E-state index in [-0.39, 0.29) is 36.0 Å². The molecule has 1 saturated heterocycles. The molecule has 27 heavy (non-hydrogen) atoms. The van der Waals surface area contributed by atoms with Crippen LogP contribution in [0.15, 0.2) is 46.5 Å². The van der Waals surface area contributed by atoms with E-state index in [1.807, 2.05) is 0 Å². The number of aryl methyl sites for hydroxylation is 1. The van der Waals surface area contributed by atoms with Crippen LogP contribution in [0.25, 0.3) is 0 Å². The number of hydrogen-bond acceptors (Lipinski definition) is 6. The van der Waals surface area contributed by atoms with Gasteiger partial charge in [0.2, 0.25) is 20.0 Å². The Labute approximate surface area is 159 Å². The van der Waals surface area contributed by atoms with E-state index in [9.17, 15) is 16.8 Å². The average molecular weight is 415 g/mol. The fourth-order valence-corrected chi connectivity index (χ4v) is 5.90. The molecule has 1 aliphatic rings. The molecule has 0 N–H and O–H groups in total. The van der Waals surface area contributed by atoms with Gasteiger partial charge in [-0.2, -0.15) is 13.7 Å². The number of rotatable bonds is 5. The lowest BCUT2D eigenvalue weighted by atomic mass is 10.3. The van der Waals surface area contributed by atoms with Crippen molar-refractivity contribution in [1.82, 2.24) is 18.4 Å². The molecule has 3 rings (SSSR count). The molecule has 0 radical (unpaired) electrons. The van der Waals surface area contributed by atoms with E-state index in [1.165, 1.54) is 44.9 Å². The van der Waals surface area contributed by atoms with Crippen LogP contribution in [0.2, 0.25) is 0 Å². The molecule has 0 amide bonds. The van der Waals surface area contributed by atoms with Crippen LogP contribution in [0.1, 0.15) is 6.42 Å². The summed E-state index contributed by atoms with van der Waals surface area (Å²) in [4.78, 5) is 0.236. The van der Waals surface area contributed by atoms with Gasteiger partial charge in [0.15, 0.2) is 0 Å². The molecule has 148 valence electrons. The SMILES string of the molecule is COc1cccc(S(=O)(=O)N2CCCN(S(=O)(=O)c3cnn(C)c3)CC2)c1. The topological polar surface area (TPSA) is 102 Å². The zero-order valence-electron chi connectivity index (χ0n) is 15.1. The summed E-state index contributed by atoms with van der Waals surface area (Å²) in [6, 6.07) is 6.25. The van der Waals surface area contributed by atoms with Crippen molar-refractivity contribution in [1.29, 1.82) is 0 Å².